The Hall–Kier alpha value is -0.960. The molecule has 1 unspecified atom stereocenters. The van der Waals surface area contributed by atoms with E-state index in [1.54, 1.807) is 12.1 Å². The Bertz CT molecular complexity index is 286. The molecule has 1 aromatic rings. The fourth-order valence-electron chi connectivity index (χ4n) is 1.34. The molecule has 1 rings (SSSR count). The predicted molar refractivity (Wildman–Crippen MR) is 51.3 cm³/mol. The highest BCUT2D eigenvalue weighted by atomic mass is 19.3. The third kappa shape index (κ3) is 2.77. The van der Waals surface area contributed by atoms with Crippen molar-refractivity contribution < 1.29 is 13.9 Å². The normalized spacial score (nSPS) is 13.2. The van der Waals surface area contributed by atoms with Crippen molar-refractivity contribution in [3.05, 3.63) is 35.4 Å². The molecule has 1 nitrogen and oxygen atoms in total. The number of alkyl halides is 2. The lowest BCUT2D eigenvalue weighted by Crippen LogP contribution is -1.97. The molecular weight excluding hydrogens is 186 g/mol. The Balaban J connectivity index is 2.82. The van der Waals surface area contributed by atoms with E-state index in [0.29, 0.717) is 12.0 Å². The molecule has 0 spiro atoms. The minimum Gasteiger partial charge on any atom is -0.388 e. The van der Waals surface area contributed by atoms with Gasteiger partial charge < -0.3 is 5.11 Å². The molecule has 0 fully saturated rings. The van der Waals surface area contributed by atoms with Gasteiger partial charge in [-0.2, -0.15) is 0 Å². The van der Waals surface area contributed by atoms with Crippen LogP contribution in [0.5, 0.6) is 0 Å². The van der Waals surface area contributed by atoms with E-state index in [-0.39, 0.29) is 5.56 Å². The highest BCUT2D eigenvalue weighted by Crippen LogP contribution is 2.24. The van der Waals surface area contributed by atoms with Crippen LogP contribution in [0.2, 0.25) is 0 Å². The molecule has 1 atom stereocenters. The molecule has 0 aromatic heterocycles. The fraction of sp³-hybridized carbons (Fsp3) is 0.455. The van der Waals surface area contributed by atoms with E-state index in [0.717, 1.165) is 6.42 Å². The minimum absolute atomic E-state index is 0.0300. The summed E-state index contributed by atoms with van der Waals surface area (Å²) in [7, 11) is 0. The van der Waals surface area contributed by atoms with Crippen molar-refractivity contribution >= 4 is 0 Å². The van der Waals surface area contributed by atoms with E-state index < -0.39 is 12.5 Å². The summed E-state index contributed by atoms with van der Waals surface area (Å²) in [6, 6.07) is 5.96. The largest absolute Gasteiger partial charge is 0.388 e. The number of rotatable bonds is 4. The number of halogens is 2. The maximum absolute atomic E-state index is 12.3. The van der Waals surface area contributed by atoms with E-state index in [9.17, 15) is 13.9 Å². The van der Waals surface area contributed by atoms with Crippen molar-refractivity contribution in [2.75, 3.05) is 0 Å². The van der Waals surface area contributed by atoms with Gasteiger partial charge in [0.1, 0.15) is 0 Å². The lowest BCUT2D eigenvalue weighted by atomic mass is 10.0. The summed E-state index contributed by atoms with van der Waals surface area (Å²) in [6.07, 6.45) is -1.66. The SMILES string of the molecule is CCCC(O)c1cccc(C(F)F)c1. The second-order valence-corrected chi connectivity index (χ2v) is 3.28. The van der Waals surface area contributed by atoms with Crippen LogP contribution in [0.4, 0.5) is 8.78 Å². The zero-order valence-corrected chi connectivity index (χ0v) is 8.08. The zero-order valence-electron chi connectivity index (χ0n) is 8.08. The molecule has 0 amide bonds. The zero-order chi connectivity index (χ0) is 10.6. The van der Waals surface area contributed by atoms with Crippen molar-refractivity contribution in [3.63, 3.8) is 0 Å². The van der Waals surface area contributed by atoms with Crippen LogP contribution in [0.15, 0.2) is 24.3 Å². The average molecular weight is 200 g/mol. The maximum Gasteiger partial charge on any atom is 0.263 e. The fourth-order valence-corrected chi connectivity index (χ4v) is 1.34. The number of hydrogen-bond donors (Lipinski definition) is 1. The summed E-state index contributed by atoms with van der Waals surface area (Å²) in [4.78, 5) is 0. The second kappa shape index (κ2) is 5.05. The molecule has 3 heteroatoms. The first-order chi connectivity index (χ1) is 6.65. The van der Waals surface area contributed by atoms with E-state index in [1.807, 2.05) is 6.92 Å². The van der Waals surface area contributed by atoms with Crippen molar-refractivity contribution in [2.45, 2.75) is 32.3 Å². The van der Waals surface area contributed by atoms with Gasteiger partial charge in [0.2, 0.25) is 0 Å². The number of hydrogen-bond acceptors (Lipinski definition) is 1. The third-order valence-electron chi connectivity index (χ3n) is 2.11. The van der Waals surface area contributed by atoms with Crippen molar-refractivity contribution in [2.24, 2.45) is 0 Å². The van der Waals surface area contributed by atoms with Crippen LogP contribution in [0.1, 0.15) is 43.4 Å². The smallest absolute Gasteiger partial charge is 0.263 e. The Morgan fingerprint density at radius 3 is 2.50 bits per heavy atom. The second-order valence-electron chi connectivity index (χ2n) is 3.28. The van der Waals surface area contributed by atoms with E-state index in [4.69, 9.17) is 0 Å². The molecule has 1 aromatic carbocycles. The van der Waals surface area contributed by atoms with Crippen LogP contribution in [0.3, 0.4) is 0 Å². The molecule has 0 bridgehead atoms. The summed E-state index contributed by atoms with van der Waals surface area (Å²) in [6.45, 7) is 1.94. The monoisotopic (exact) mass is 200 g/mol. The van der Waals surface area contributed by atoms with Gasteiger partial charge in [-0.15, -0.1) is 0 Å². The molecule has 0 saturated carbocycles. The van der Waals surface area contributed by atoms with Gasteiger partial charge >= 0.3 is 0 Å². The van der Waals surface area contributed by atoms with Gasteiger partial charge in [-0.1, -0.05) is 31.5 Å². The predicted octanol–water partition coefficient (Wildman–Crippen LogP) is 3.46. The third-order valence-corrected chi connectivity index (χ3v) is 2.11. The van der Waals surface area contributed by atoms with E-state index >= 15 is 0 Å². The average Bonchev–Trinajstić information content (AvgIpc) is 2.18. The standard InChI is InChI=1S/C11H14F2O/c1-2-4-10(14)8-5-3-6-9(7-8)11(12)13/h3,5-7,10-11,14H,2,4H2,1H3. The van der Waals surface area contributed by atoms with Crippen LogP contribution in [-0.2, 0) is 0 Å². The molecule has 78 valence electrons. The van der Waals surface area contributed by atoms with Crippen LogP contribution in [0.25, 0.3) is 0 Å². The molecule has 0 aliphatic heterocycles. The summed E-state index contributed by atoms with van der Waals surface area (Å²) < 4.78 is 24.6. The van der Waals surface area contributed by atoms with Gasteiger partial charge in [-0.3, -0.25) is 0 Å². The molecule has 14 heavy (non-hydrogen) atoms. The molecule has 0 saturated heterocycles. The lowest BCUT2D eigenvalue weighted by molar-refractivity contribution is 0.148. The van der Waals surface area contributed by atoms with Gasteiger partial charge in [-0.25, -0.2) is 8.78 Å². The van der Waals surface area contributed by atoms with Crippen molar-refractivity contribution in [1.82, 2.24) is 0 Å². The van der Waals surface area contributed by atoms with Gasteiger partial charge in [0, 0.05) is 5.56 Å². The van der Waals surface area contributed by atoms with Crippen molar-refractivity contribution in [1.29, 1.82) is 0 Å². The van der Waals surface area contributed by atoms with Crippen LogP contribution in [0, 0.1) is 0 Å². The van der Waals surface area contributed by atoms with E-state index in [1.165, 1.54) is 12.1 Å². The van der Waals surface area contributed by atoms with Gasteiger partial charge in [-0.05, 0) is 18.1 Å². The first-order valence-electron chi connectivity index (χ1n) is 4.71. The summed E-state index contributed by atoms with van der Waals surface area (Å²) in [5.41, 5.74) is 0.544. The quantitative estimate of drug-likeness (QED) is 0.789. The first-order valence-corrected chi connectivity index (χ1v) is 4.71. The van der Waals surface area contributed by atoms with Gasteiger partial charge in [0.05, 0.1) is 6.10 Å². The van der Waals surface area contributed by atoms with E-state index in [2.05, 4.69) is 0 Å². The Kier molecular flexibility index (Phi) is 4.01. The molecular formula is C11H14F2O. The van der Waals surface area contributed by atoms with Gasteiger partial charge in [0.15, 0.2) is 0 Å². The number of aliphatic hydroxyl groups is 1. The molecule has 1 N–H and O–H groups in total. The van der Waals surface area contributed by atoms with Crippen LogP contribution < -0.4 is 0 Å². The highest BCUT2D eigenvalue weighted by molar-refractivity contribution is 5.25. The van der Waals surface area contributed by atoms with Crippen LogP contribution in [-0.4, -0.2) is 5.11 Å². The number of benzene rings is 1. The summed E-state index contributed by atoms with van der Waals surface area (Å²) in [5, 5.41) is 9.58. The van der Waals surface area contributed by atoms with Crippen LogP contribution >= 0.6 is 0 Å². The van der Waals surface area contributed by atoms with Crippen molar-refractivity contribution in [3.8, 4) is 0 Å². The molecule has 0 radical (unpaired) electrons. The topological polar surface area (TPSA) is 20.2 Å². The summed E-state index contributed by atoms with van der Waals surface area (Å²) >= 11 is 0. The highest BCUT2D eigenvalue weighted by Gasteiger charge is 2.10. The van der Waals surface area contributed by atoms with Gasteiger partial charge in [0.25, 0.3) is 6.43 Å². The first kappa shape index (κ1) is 11.1. The maximum atomic E-state index is 12.3. The Morgan fingerprint density at radius 2 is 1.93 bits per heavy atom. The Labute approximate surface area is 82.4 Å². The summed E-state index contributed by atoms with van der Waals surface area (Å²) in [5.74, 6) is 0. The molecule has 0 aliphatic carbocycles. The molecule has 0 heterocycles. The molecule has 0 aliphatic rings. The lowest BCUT2D eigenvalue weighted by Gasteiger charge is -2.10. The Morgan fingerprint density at radius 1 is 1.29 bits per heavy atom. The minimum atomic E-state index is -2.47. The number of aliphatic hydroxyl groups excluding tert-OH is 1.